The number of fused-ring (bicyclic) bond motifs is 3. The summed E-state index contributed by atoms with van der Waals surface area (Å²) < 4.78 is 37.3. The number of carbonyl (C=O) groups is 5. The van der Waals surface area contributed by atoms with Crippen LogP contribution in [0.15, 0.2) is 47.6 Å². The van der Waals surface area contributed by atoms with Gasteiger partial charge in [-0.1, -0.05) is 93.7 Å². The molecule has 2 saturated heterocycles. The van der Waals surface area contributed by atoms with Crippen LogP contribution in [0.2, 0.25) is 0 Å². The first-order valence-electron chi connectivity index (χ1n) is 26.2. The Balaban J connectivity index is 1.70. The maximum absolute atomic E-state index is 14.5. The number of hydrogen-bond donors (Lipinski definition) is 3. The number of esters is 1. The summed E-state index contributed by atoms with van der Waals surface area (Å²) in [6, 6.07) is -1.15. The minimum atomic E-state index is -2.47. The van der Waals surface area contributed by atoms with E-state index in [1.807, 2.05) is 58.1 Å². The molecule has 15 nitrogen and oxygen atoms in total. The lowest BCUT2D eigenvalue weighted by molar-refractivity contribution is -0.266. The Morgan fingerprint density at radius 1 is 0.873 bits per heavy atom. The lowest BCUT2D eigenvalue weighted by Gasteiger charge is -2.43. The van der Waals surface area contributed by atoms with Crippen molar-refractivity contribution >= 4 is 51.8 Å². The minimum Gasteiger partial charge on any atom is -0.460 e. The number of piperidine rings is 1. The molecule has 2 bridgehead atoms. The number of allylic oxidation sites excluding steroid dienone is 6. The van der Waals surface area contributed by atoms with Gasteiger partial charge < -0.3 is 48.6 Å². The predicted octanol–water partition coefficient (Wildman–Crippen LogP) is 7.39. The van der Waals surface area contributed by atoms with Gasteiger partial charge in [-0.05, 0) is 113 Å². The van der Waals surface area contributed by atoms with Crippen LogP contribution in [-0.4, -0.2) is 149 Å². The van der Waals surface area contributed by atoms with Crippen molar-refractivity contribution in [3.05, 3.63) is 47.6 Å². The molecule has 0 aromatic heterocycles. The average Bonchev–Trinajstić information content (AvgIpc) is 3.35. The molecule has 15 atom stereocenters. The first kappa shape index (κ1) is 60.9. The number of Topliss-reactive ketones (excluding diaryl/α,β-unsaturated/α-hetero) is 3. The van der Waals surface area contributed by atoms with E-state index >= 15 is 0 Å². The SMILES string of the molecule is CO[C@@H]1C[C@H](CC(C)[C@@H]2CC(=O)[C@H](C)/C=C(\C)[C@@H](O)[C@@H](OC)C(=O)[C@H](C)C[C@H](C)/C=C/C=C/C=C(\C)[C@H](OCCO)C[C@@H]3CC[C@@H](C)[C@@](O)(O3)C(=O)C(=O)N3CCCC[C@H]3C(=O)O2)CC[C@H]1OCCCI. The van der Waals surface area contributed by atoms with Gasteiger partial charge in [-0.25, -0.2) is 4.79 Å². The van der Waals surface area contributed by atoms with Gasteiger partial charge in [-0.3, -0.25) is 19.2 Å². The third-order valence-electron chi connectivity index (χ3n) is 15.2. The highest BCUT2D eigenvalue weighted by Crippen LogP contribution is 2.38. The van der Waals surface area contributed by atoms with Gasteiger partial charge in [0.25, 0.3) is 11.7 Å². The summed E-state index contributed by atoms with van der Waals surface area (Å²) in [5.41, 5.74) is 1.20. The van der Waals surface area contributed by atoms with Gasteiger partial charge in [0.1, 0.15) is 30.1 Å². The van der Waals surface area contributed by atoms with E-state index in [2.05, 4.69) is 22.6 Å². The zero-order valence-electron chi connectivity index (χ0n) is 43.9. The molecule has 1 saturated carbocycles. The number of ketones is 3. The number of alkyl halides is 1. The van der Waals surface area contributed by atoms with Crippen LogP contribution in [0.25, 0.3) is 0 Å². The fourth-order valence-electron chi connectivity index (χ4n) is 10.7. The van der Waals surface area contributed by atoms with E-state index in [0.29, 0.717) is 50.7 Å². The van der Waals surface area contributed by atoms with Gasteiger partial charge in [-0.2, -0.15) is 0 Å². The van der Waals surface area contributed by atoms with Crippen LogP contribution in [0.5, 0.6) is 0 Å². The fraction of sp³-hybridized carbons (Fsp3) is 0.764. The van der Waals surface area contributed by atoms with Crippen LogP contribution >= 0.6 is 22.6 Å². The monoisotopic (exact) mass is 1110 g/mol. The number of methoxy groups -OCH3 is 2. The molecule has 3 fully saturated rings. The molecular formula is C55H86INO14. The molecule has 0 radical (unpaired) electrons. The lowest BCUT2D eigenvalue weighted by atomic mass is 9.78. The van der Waals surface area contributed by atoms with E-state index < -0.39 is 77.8 Å². The topological polar surface area (TPSA) is 205 Å². The van der Waals surface area contributed by atoms with Crippen LogP contribution in [-0.2, 0) is 52.4 Å². The van der Waals surface area contributed by atoms with Crippen LogP contribution in [0.4, 0.5) is 0 Å². The number of rotatable bonds is 12. The van der Waals surface area contributed by atoms with Gasteiger partial charge in [0.15, 0.2) is 5.78 Å². The number of halogens is 1. The summed E-state index contributed by atoms with van der Waals surface area (Å²) in [6.07, 6.45) is 13.0. The number of aliphatic hydroxyl groups excluding tert-OH is 2. The first-order chi connectivity index (χ1) is 33.8. The molecule has 1 unspecified atom stereocenters. The molecule has 402 valence electrons. The standard InChI is InChI=1S/C55H86INO14/c1-34-16-11-10-12-17-35(2)46(69-27-25-58)32-42-21-19-40(7)55(65,71-42)52(62)53(63)57-24-14-13-18-43(57)54(64)70-47(37(4)30-41-20-22-45(48(31-41)66-8)68-26-15-23-56)33-44(59)36(3)29-39(6)50(61)51(67-9)49(60)38(5)28-34/h10-12,16-17,29,34,36-38,40-43,45-48,50-51,58,61,65H,13-15,18-28,30-33H2,1-9H3/b12-10+,16-11+,35-17+,39-29+/t34-,36-,37?,38-,40-,41+,42+,43+,45-,46-,47+,48-,50-,51+,55-/m1/s1. The minimum absolute atomic E-state index is 0.00518. The quantitative estimate of drug-likeness (QED) is 0.0436. The van der Waals surface area contributed by atoms with Crippen LogP contribution in [0.3, 0.4) is 0 Å². The number of hydrogen-bond acceptors (Lipinski definition) is 14. The van der Waals surface area contributed by atoms with Crippen molar-refractivity contribution in [2.75, 3.05) is 45.0 Å². The Labute approximate surface area is 437 Å². The Kier molecular flexibility index (Phi) is 25.7. The van der Waals surface area contributed by atoms with Crippen molar-refractivity contribution < 1.29 is 67.7 Å². The molecule has 71 heavy (non-hydrogen) atoms. The highest BCUT2D eigenvalue weighted by molar-refractivity contribution is 14.1. The highest BCUT2D eigenvalue weighted by Gasteiger charge is 2.53. The summed E-state index contributed by atoms with van der Waals surface area (Å²) in [5.74, 6) is -8.00. The lowest BCUT2D eigenvalue weighted by Crippen LogP contribution is -2.61. The third kappa shape index (κ3) is 17.4. The second-order valence-corrected chi connectivity index (χ2v) is 21.9. The molecule has 3 heterocycles. The number of aliphatic hydroxyl groups is 3. The Bertz CT molecular complexity index is 1870. The molecule has 0 aromatic carbocycles. The summed E-state index contributed by atoms with van der Waals surface area (Å²) in [5, 5.41) is 33.2. The van der Waals surface area contributed by atoms with Crippen LogP contribution in [0, 0.1) is 35.5 Å². The summed E-state index contributed by atoms with van der Waals surface area (Å²) >= 11 is 2.34. The number of ether oxygens (including phenoxy) is 6. The molecule has 1 amide bonds. The average molecular weight is 1110 g/mol. The van der Waals surface area contributed by atoms with Gasteiger partial charge in [0, 0.05) is 62.4 Å². The van der Waals surface area contributed by atoms with Gasteiger partial charge >= 0.3 is 5.97 Å². The molecule has 1 aliphatic carbocycles. The van der Waals surface area contributed by atoms with Crippen molar-refractivity contribution in [2.24, 2.45) is 35.5 Å². The number of nitrogens with zero attached hydrogens (tertiary/aromatic N) is 1. The molecule has 3 aliphatic heterocycles. The van der Waals surface area contributed by atoms with Crippen LogP contribution in [0.1, 0.15) is 132 Å². The summed E-state index contributed by atoms with van der Waals surface area (Å²) in [7, 11) is 3.07. The molecule has 3 N–H and O–H groups in total. The van der Waals surface area contributed by atoms with Crippen molar-refractivity contribution in [2.45, 2.75) is 186 Å². The molecular weight excluding hydrogens is 1030 g/mol. The number of cyclic esters (lactones) is 1. The number of amides is 1. The molecule has 4 rings (SSSR count). The van der Waals surface area contributed by atoms with Gasteiger partial charge in [-0.15, -0.1) is 0 Å². The molecule has 0 aromatic rings. The molecule has 4 aliphatic rings. The zero-order valence-corrected chi connectivity index (χ0v) is 46.1. The maximum atomic E-state index is 14.5. The zero-order chi connectivity index (χ0) is 52.4. The first-order valence-corrected chi connectivity index (χ1v) is 27.7. The Morgan fingerprint density at radius 2 is 1.62 bits per heavy atom. The van der Waals surface area contributed by atoms with E-state index in [1.165, 1.54) is 12.0 Å². The Morgan fingerprint density at radius 3 is 2.31 bits per heavy atom. The largest absolute Gasteiger partial charge is 0.460 e. The summed E-state index contributed by atoms with van der Waals surface area (Å²) in [6.45, 7) is 13.2. The second-order valence-electron chi connectivity index (χ2n) is 20.8. The van der Waals surface area contributed by atoms with Gasteiger partial charge in [0.2, 0.25) is 5.79 Å². The van der Waals surface area contributed by atoms with Crippen molar-refractivity contribution in [3.8, 4) is 0 Å². The number of carbonyl (C=O) groups excluding carboxylic acids is 5. The van der Waals surface area contributed by atoms with Crippen LogP contribution < -0.4 is 0 Å². The van der Waals surface area contributed by atoms with Crippen molar-refractivity contribution in [1.29, 1.82) is 0 Å². The third-order valence-corrected chi connectivity index (χ3v) is 16.0. The smallest absolute Gasteiger partial charge is 0.329 e. The van der Waals surface area contributed by atoms with E-state index in [-0.39, 0.29) is 80.5 Å². The Hall–Kier alpha value is -2.68. The van der Waals surface area contributed by atoms with Crippen molar-refractivity contribution in [3.63, 3.8) is 0 Å². The molecule has 16 heteroatoms. The predicted molar refractivity (Wildman–Crippen MR) is 278 cm³/mol. The second kappa shape index (κ2) is 30.0. The van der Waals surface area contributed by atoms with E-state index in [4.69, 9.17) is 28.4 Å². The highest BCUT2D eigenvalue weighted by atomic mass is 127. The summed E-state index contributed by atoms with van der Waals surface area (Å²) in [4.78, 5) is 72.5. The van der Waals surface area contributed by atoms with E-state index in [0.717, 1.165) is 35.7 Å². The van der Waals surface area contributed by atoms with E-state index in [9.17, 15) is 39.3 Å². The molecule has 0 spiro atoms. The fourth-order valence-corrected chi connectivity index (χ4v) is 11.0. The van der Waals surface area contributed by atoms with Crippen molar-refractivity contribution in [1.82, 2.24) is 4.90 Å². The maximum Gasteiger partial charge on any atom is 0.329 e. The normalized spacial score (nSPS) is 38.0. The van der Waals surface area contributed by atoms with E-state index in [1.54, 1.807) is 34.0 Å². The van der Waals surface area contributed by atoms with Gasteiger partial charge in [0.05, 0.1) is 37.6 Å².